The highest BCUT2D eigenvalue weighted by molar-refractivity contribution is 5.60. The molecule has 1 aromatic carbocycles. The molecular weight excluding hydrogens is 240 g/mol. The molecule has 5 heteroatoms. The molecule has 1 aromatic heterocycles. The molecule has 2 rings (SSSR count). The molecule has 5 nitrogen and oxygen atoms in total. The Morgan fingerprint density at radius 3 is 2.63 bits per heavy atom. The second kappa shape index (κ2) is 5.95. The third kappa shape index (κ3) is 3.62. The number of aromatic amines is 1. The van der Waals surface area contributed by atoms with E-state index in [1.165, 1.54) is 0 Å². The zero-order chi connectivity index (χ0) is 13.7. The Kier molecular flexibility index (Phi) is 4.29. The second-order valence-electron chi connectivity index (χ2n) is 5.16. The summed E-state index contributed by atoms with van der Waals surface area (Å²) in [6.45, 7) is 5.49. The Hall–Kier alpha value is -1.72. The summed E-state index contributed by atoms with van der Waals surface area (Å²) in [6.07, 6.45) is 0. The van der Waals surface area contributed by atoms with E-state index in [1.54, 1.807) is 7.11 Å². The average Bonchev–Trinajstić information content (AvgIpc) is 2.86. The first-order chi connectivity index (χ1) is 9.12. The summed E-state index contributed by atoms with van der Waals surface area (Å²) in [5.74, 6) is 0. The maximum Gasteiger partial charge on any atom is 0.117 e. The molecule has 0 bridgehead atoms. The fourth-order valence-corrected chi connectivity index (χ4v) is 1.94. The molecule has 0 spiro atoms. The van der Waals surface area contributed by atoms with Crippen LogP contribution in [0.3, 0.4) is 0 Å². The number of ether oxygens (including phenoxy) is 1. The molecule has 0 saturated carbocycles. The van der Waals surface area contributed by atoms with Crippen molar-refractivity contribution in [3.05, 3.63) is 36.0 Å². The zero-order valence-corrected chi connectivity index (χ0v) is 11.6. The molecule has 0 radical (unpaired) electrons. The quantitative estimate of drug-likeness (QED) is 0.833. The lowest BCUT2D eigenvalue weighted by molar-refractivity contribution is 0.127. The summed E-state index contributed by atoms with van der Waals surface area (Å²) in [5, 5.41) is 14.6. The van der Waals surface area contributed by atoms with Gasteiger partial charge in [-0.25, -0.2) is 0 Å². The van der Waals surface area contributed by atoms with Crippen LogP contribution in [0.25, 0.3) is 11.3 Å². The summed E-state index contributed by atoms with van der Waals surface area (Å²) in [7, 11) is 1.70. The smallest absolute Gasteiger partial charge is 0.117 e. The van der Waals surface area contributed by atoms with E-state index in [-0.39, 0.29) is 5.54 Å². The second-order valence-corrected chi connectivity index (χ2v) is 5.16. The Balaban J connectivity index is 2.09. The molecule has 19 heavy (non-hydrogen) atoms. The molecule has 0 aliphatic heterocycles. The Morgan fingerprint density at radius 2 is 1.95 bits per heavy atom. The van der Waals surface area contributed by atoms with Gasteiger partial charge in [0.1, 0.15) is 11.4 Å². The van der Waals surface area contributed by atoms with E-state index in [0.717, 1.165) is 17.0 Å². The largest absolute Gasteiger partial charge is 0.383 e. The van der Waals surface area contributed by atoms with Gasteiger partial charge in [0.2, 0.25) is 0 Å². The normalized spacial score (nSPS) is 11.7. The minimum atomic E-state index is -0.0956. The Labute approximate surface area is 113 Å². The molecule has 0 fully saturated rings. The third-order valence-corrected chi connectivity index (χ3v) is 2.91. The first-order valence-electron chi connectivity index (χ1n) is 6.31. The van der Waals surface area contributed by atoms with Crippen LogP contribution in [-0.2, 0) is 11.3 Å². The van der Waals surface area contributed by atoms with Crippen molar-refractivity contribution in [3.63, 3.8) is 0 Å². The number of rotatable bonds is 6. The number of hydrogen-bond acceptors (Lipinski definition) is 4. The van der Waals surface area contributed by atoms with Gasteiger partial charge >= 0.3 is 0 Å². The molecule has 2 aromatic rings. The molecule has 0 aliphatic carbocycles. The minimum Gasteiger partial charge on any atom is -0.383 e. The zero-order valence-electron chi connectivity index (χ0n) is 11.6. The summed E-state index contributed by atoms with van der Waals surface area (Å²) < 4.78 is 5.19. The third-order valence-electron chi connectivity index (χ3n) is 2.91. The van der Waals surface area contributed by atoms with E-state index in [9.17, 15) is 0 Å². The van der Waals surface area contributed by atoms with Crippen LogP contribution in [0, 0.1) is 0 Å². The first kappa shape index (κ1) is 13.7. The van der Waals surface area contributed by atoms with Crippen molar-refractivity contribution in [2.45, 2.75) is 25.9 Å². The molecule has 2 N–H and O–H groups in total. The van der Waals surface area contributed by atoms with Gasteiger partial charge < -0.3 is 10.1 Å². The lowest BCUT2D eigenvalue weighted by Gasteiger charge is -2.24. The van der Waals surface area contributed by atoms with Crippen molar-refractivity contribution in [1.29, 1.82) is 0 Å². The van der Waals surface area contributed by atoms with E-state index in [4.69, 9.17) is 4.74 Å². The van der Waals surface area contributed by atoms with Crippen molar-refractivity contribution in [2.75, 3.05) is 13.7 Å². The highest BCUT2D eigenvalue weighted by Gasteiger charge is 2.18. The maximum absolute atomic E-state index is 5.19. The molecular formula is C14H20N4O. The summed E-state index contributed by atoms with van der Waals surface area (Å²) in [5.41, 5.74) is 2.77. The molecule has 0 amide bonds. The van der Waals surface area contributed by atoms with Gasteiger partial charge in [-0.05, 0) is 13.8 Å². The average molecular weight is 260 g/mol. The van der Waals surface area contributed by atoms with Gasteiger partial charge in [-0.1, -0.05) is 30.3 Å². The SMILES string of the molecule is COCC(C)(C)NCc1n[nH]nc1-c1ccccc1. The first-order valence-corrected chi connectivity index (χ1v) is 6.31. The van der Waals surface area contributed by atoms with Crippen molar-refractivity contribution in [3.8, 4) is 11.3 Å². The number of methoxy groups -OCH3 is 1. The van der Waals surface area contributed by atoms with E-state index >= 15 is 0 Å². The van der Waals surface area contributed by atoms with E-state index in [1.807, 2.05) is 30.3 Å². The van der Waals surface area contributed by atoms with Crippen molar-refractivity contribution in [1.82, 2.24) is 20.7 Å². The minimum absolute atomic E-state index is 0.0956. The molecule has 1 heterocycles. The molecule has 0 atom stereocenters. The van der Waals surface area contributed by atoms with Crippen molar-refractivity contribution in [2.24, 2.45) is 0 Å². The van der Waals surface area contributed by atoms with Gasteiger partial charge in [0.05, 0.1) is 6.61 Å². The van der Waals surface area contributed by atoms with Crippen LogP contribution in [0.2, 0.25) is 0 Å². The predicted molar refractivity (Wildman–Crippen MR) is 74.6 cm³/mol. The van der Waals surface area contributed by atoms with Gasteiger partial charge in [0.25, 0.3) is 0 Å². The van der Waals surface area contributed by atoms with Crippen LogP contribution in [-0.4, -0.2) is 34.7 Å². The number of H-pyrrole nitrogens is 1. The highest BCUT2D eigenvalue weighted by atomic mass is 16.5. The maximum atomic E-state index is 5.19. The molecule has 0 unspecified atom stereocenters. The number of nitrogens with zero attached hydrogens (tertiary/aromatic N) is 2. The van der Waals surface area contributed by atoms with Crippen LogP contribution < -0.4 is 5.32 Å². The van der Waals surface area contributed by atoms with E-state index in [2.05, 4.69) is 34.6 Å². The van der Waals surface area contributed by atoms with Gasteiger partial charge in [-0.15, -0.1) is 0 Å². The molecule has 0 saturated heterocycles. The van der Waals surface area contributed by atoms with Crippen LogP contribution in [0.1, 0.15) is 19.5 Å². The van der Waals surface area contributed by atoms with Crippen LogP contribution in [0.15, 0.2) is 30.3 Å². The highest BCUT2D eigenvalue weighted by Crippen LogP contribution is 2.19. The van der Waals surface area contributed by atoms with Crippen molar-refractivity contribution >= 4 is 0 Å². The molecule has 102 valence electrons. The van der Waals surface area contributed by atoms with Gasteiger partial charge in [0, 0.05) is 24.8 Å². The molecule has 0 aliphatic rings. The lowest BCUT2D eigenvalue weighted by Crippen LogP contribution is -2.42. The standard InChI is InChI=1S/C14H20N4O/c1-14(2,10-19-3)15-9-12-13(17-18-16-12)11-7-5-4-6-8-11/h4-8,15H,9-10H2,1-3H3,(H,16,17,18). The fraction of sp³-hybridized carbons (Fsp3) is 0.429. The van der Waals surface area contributed by atoms with Crippen LogP contribution in [0.5, 0.6) is 0 Å². The summed E-state index contributed by atoms with van der Waals surface area (Å²) in [4.78, 5) is 0. The fourth-order valence-electron chi connectivity index (χ4n) is 1.94. The number of hydrogen-bond donors (Lipinski definition) is 2. The van der Waals surface area contributed by atoms with Gasteiger partial charge in [-0.3, -0.25) is 0 Å². The van der Waals surface area contributed by atoms with Gasteiger partial charge in [-0.2, -0.15) is 15.4 Å². The van der Waals surface area contributed by atoms with Gasteiger partial charge in [0.15, 0.2) is 0 Å². The summed E-state index contributed by atoms with van der Waals surface area (Å²) in [6, 6.07) is 10.0. The number of nitrogens with one attached hydrogen (secondary N) is 2. The van der Waals surface area contributed by atoms with Crippen molar-refractivity contribution < 1.29 is 4.74 Å². The lowest BCUT2D eigenvalue weighted by atomic mass is 10.1. The monoisotopic (exact) mass is 260 g/mol. The van der Waals surface area contributed by atoms with E-state index in [0.29, 0.717) is 13.2 Å². The Morgan fingerprint density at radius 1 is 1.21 bits per heavy atom. The Bertz CT molecular complexity index is 507. The topological polar surface area (TPSA) is 62.8 Å². The van der Waals surface area contributed by atoms with Crippen LogP contribution in [0.4, 0.5) is 0 Å². The predicted octanol–water partition coefficient (Wildman–Crippen LogP) is 1.99. The van der Waals surface area contributed by atoms with E-state index < -0.39 is 0 Å². The van der Waals surface area contributed by atoms with Crippen LogP contribution >= 0.6 is 0 Å². The summed E-state index contributed by atoms with van der Waals surface area (Å²) >= 11 is 0. The number of aromatic nitrogens is 3. The number of benzene rings is 1.